The zero-order valence-corrected chi connectivity index (χ0v) is 14.3. The summed E-state index contributed by atoms with van der Waals surface area (Å²) in [6, 6.07) is 2.10. The number of alkyl halides is 4. The van der Waals surface area contributed by atoms with Gasteiger partial charge in [0.1, 0.15) is 0 Å². The molecule has 140 valence electrons. The summed E-state index contributed by atoms with van der Waals surface area (Å²) >= 11 is 0. The van der Waals surface area contributed by atoms with Gasteiger partial charge in [-0.2, -0.15) is 5.10 Å². The molecule has 2 fully saturated rings. The summed E-state index contributed by atoms with van der Waals surface area (Å²) in [6.07, 6.45) is 5.52. The van der Waals surface area contributed by atoms with Gasteiger partial charge in [0.05, 0.1) is 6.04 Å². The van der Waals surface area contributed by atoms with Crippen molar-refractivity contribution in [2.45, 2.75) is 75.3 Å². The lowest BCUT2D eigenvalue weighted by Crippen LogP contribution is -2.40. The normalized spacial score (nSPS) is 23.7. The van der Waals surface area contributed by atoms with Crippen LogP contribution in [0.25, 0.3) is 0 Å². The number of hydrogen-bond acceptors (Lipinski definition) is 3. The van der Waals surface area contributed by atoms with Gasteiger partial charge in [-0.25, -0.2) is 17.6 Å². The van der Waals surface area contributed by atoms with Crippen LogP contribution < -0.4 is 11.3 Å². The predicted octanol–water partition coefficient (Wildman–Crippen LogP) is 4.08. The maximum atomic E-state index is 12.8. The van der Waals surface area contributed by atoms with Gasteiger partial charge in [0.25, 0.3) is 0 Å². The van der Waals surface area contributed by atoms with E-state index in [4.69, 9.17) is 5.84 Å². The second-order valence-corrected chi connectivity index (χ2v) is 6.37. The first-order valence-electron chi connectivity index (χ1n) is 8.02. The molecule has 0 spiro atoms. The van der Waals surface area contributed by atoms with E-state index in [0.29, 0.717) is 25.7 Å². The molecule has 2 aliphatic rings. The van der Waals surface area contributed by atoms with Gasteiger partial charge >= 0.3 is 0 Å². The van der Waals surface area contributed by atoms with Crippen LogP contribution in [0.5, 0.6) is 0 Å². The van der Waals surface area contributed by atoms with Gasteiger partial charge < -0.3 is 0 Å². The van der Waals surface area contributed by atoms with E-state index in [1.807, 2.05) is 12.3 Å². The lowest BCUT2D eigenvalue weighted by molar-refractivity contribution is -0.0450. The fraction of sp³-hybridized carbons (Fsp3) is 0.800. The minimum atomic E-state index is -2.44. The zero-order chi connectivity index (χ0) is 16.9. The molecule has 0 bridgehead atoms. The van der Waals surface area contributed by atoms with Gasteiger partial charge in [0.2, 0.25) is 11.8 Å². The van der Waals surface area contributed by atoms with E-state index in [1.165, 1.54) is 0 Å². The van der Waals surface area contributed by atoms with Gasteiger partial charge in [-0.3, -0.25) is 16.0 Å². The van der Waals surface area contributed by atoms with Crippen molar-refractivity contribution in [2.24, 2.45) is 5.84 Å². The van der Waals surface area contributed by atoms with E-state index in [2.05, 4.69) is 10.5 Å². The molecule has 0 saturated heterocycles. The van der Waals surface area contributed by atoms with Crippen molar-refractivity contribution in [3.63, 3.8) is 0 Å². The number of hydrogen-bond donors (Lipinski definition) is 2. The van der Waals surface area contributed by atoms with Crippen molar-refractivity contribution in [1.29, 1.82) is 0 Å². The highest BCUT2D eigenvalue weighted by molar-refractivity contribution is 5.85. The van der Waals surface area contributed by atoms with Crippen LogP contribution in [0.15, 0.2) is 18.5 Å². The summed E-state index contributed by atoms with van der Waals surface area (Å²) in [5.41, 5.74) is 2.51. The maximum Gasteiger partial charge on any atom is 0.248 e. The minimum absolute atomic E-state index is 0. The molecule has 0 aliphatic heterocycles. The molecule has 4 nitrogen and oxygen atoms in total. The molecule has 1 aromatic rings. The van der Waals surface area contributed by atoms with Crippen molar-refractivity contribution in [3.8, 4) is 0 Å². The van der Waals surface area contributed by atoms with Crippen molar-refractivity contribution in [1.82, 2.24) is 15.2 Å². The quantitative estimate of drug-likeness (QED) is 0.467. The molecule has 0 radical (unpaired) electrons. The summed E-state index contributed by atoms with van der Waals surface area (Å²) in [5, 5.41) is 4.06. The molecule has 1 heterocycles. The molecule has 0 atom stereocenters. The highest BCUT2D eigenvalue weighted by Gasteiger charge is 2.35. The Balaban J connectivity index is 0.000000238. The Hall–Kier alpha value is -0.860. The molecule has 2 saturated carbocycles. The molecule has 24 heavy (non-hydrogen) atoms. The number of hydrazine groups is 1. The third-order valence-corrected chi connectivity index (χ3v) is 4.54. The second kappa shape index (κ2) is 9.01. The summed E-state index contributed by atoms with van der Waals surface area (Å²) in [6.45, 7) is 0. The van der Waals surface area contributed by atoms with E-state index in [1.54, 1.807) is 10.9 Å². The van der Waals surface area contributed by atoms with Crippen molar-refractivity contribution >= 4 is 12.4 Å². The zero-order valence-electron chi connectivity index (χ0n) is 13.4. The van der Waals surface area contributed by atoms with Crippen LogP contribution in [-0.2, 0) is 0 Å². The fourth-order valence-electron chi connectivity index (χ4n) is 2.99. The number of nitrogens with one attached hydrogen (secondary N) is 1. The van der Waals surface area contributed by atoms with E-state index in [0.717, 1.165) is 0 Å². The Kier molecular flexibility index (Phi) is 7.95. The van der Waals surface area contributed by atoms with Gasteiger partial charge in [0.15, 0.2) is 0 Å². The van der Waals surface area contributed by atoms with Crippen LogP contribution in [0.4, 0.5) is 17.6 Å². The lowest BCUT2D eigenvalue weighted by atomic mass is 9.92. The van der Waals surface area contributed by atoms with Crippen LogP contribution >= 0.6 is 12.4 Å². The monoisotopic (exact) mass is 372 g/mol. The average Bonchev–Trinajstić information content (AvgIpc) is 3.02. The standard InChI is InChI=1S/C9H12F2N2.C6H12F2N2.ClH/c10-9(11)4-2-8(3-5-9)13-7-1-6-12-13;7-6(8)3-1-5(10-9)2-4-6;/h1,6-8H,2-5H2;5,10H,1-4,9H2;1H. The van der Waals surface area contributed by atoms with Crippen LogP contribution in [-0.4, -0.2) is 27.7 Å². The molecule has 3 N–H and O–H groups in total. The van der Waals surface area contributed by atoms with Crippen LogP contribution in [0.3, 0.4) is 0 Å². The first-order valence-corrected chi connectivity index (χ1v) is 8.02. The summed E-state index contributed by atoms with van der Waals surface area (Å²) < 4.78 is 52.3. The molecule has 0 amide bonds. The van der Waals surface area contributed by atoms with E-state index in [-0.39, 0.29) is 50.2 Å². The molecule has 9 heteroatoms. The number of nitrogens with zero attached hydrogens (tertiary/aromatic N) is 2. The number of nitrogens with two attached hydrogens (primary N) is 1. The third-order valence-electron chi connectivity index (χ3n) is 4.54. The fourth-order valence-corrected chi connectivity index (χ4v) is 2.99. The Morgan fingerprint density at radius 1 is 0.958 bits per heavy atom. The van der Waals surface area contributed by atoms with E-state index < -0.39 is 11.8 Å². The smallest absolute Gasteiger partial charge is 0.248 e. The molecular weight excluding hydrogens is 348 g/mol. The first kappa shape index (κ1) is 21.2. The lowest BCUT2D eigenvalue weighted by Gasteiger charge is -2.28. The van der Waals surface area contributed by atoms with Gasteiger partial charge in [-0.1, -0.05) is 0 Å². The van der Waals surface area contributed by atoms with Gasteiger partial charge in [-0.15, -0.1) is 12.4 Å². The van der Waals surface area contributed by atoms with Gasteiger partial charge in [-0.05, 0) is 31.7 Å². The van der Waals surface area contributed by atoms with Crippen LogP contribution in [0, 0.1) is 0 Å². The summed E-state index contributed by atoms with van der Waals surface area (Å²) in [7, 11) is 0. The highest BCUT2D eigenvalue weighted by Crippen LogP contribution is 2.37. The average molecular weight is 373 g/mol. The third kappa shape index (κ3) is 6.57. The molecule has 2 aliphatic carbocycles. The topological polar surface area (TPSA) is 55.9 Å². The second-order valence-electron chi connectivity index (χ2n) is 6.37. The van der Waals surface area contributed by atoms with Crippen LogP contribution in [0.1, 0.15) is 57.4 Å². The van der Waals surface area contributed by atoms with E-state index in [9.17, 15) is 17.6 Å². The van der Waals surface area contributed by atoms with Crippen molar-refractivity contribution in [3.05, 3.63) is 18.5 Å². The van der Waals surface area contributed by atoms with Crippen molar-refractivity contribution in [2.75, 3.05) is 0 Å². The Morgan fingerprint density at radius 3 is 1.88 bits per heavy atom. The minimum Gasteiger partial charge on any atom is -0.271 e. The molecule has 3 rings (SSSR count). The largest absolute Gasteiger partial charge is 0.271 e. The number of aromatic nitrogens is 2. The Labute approximate surface area is 145 Å². The van der Waals surface area contributed by atoms with Gasteiger partial charge in [0, 0.05) is 44.1 Å². The Morgan fingerprint density at radius 2 is 1.46 bits per heavy atom. The maximum absolute atomic E-state index is 12.8. The molecular formula is C15H25ClF4N4. The molecule has 1 aromatic heterocycles. The number of rotatable bonds is 2. The Bertz CT molecular complexity index is 450. The summed E-state index contributed by atoms with van der Waals surface area (Å²) in [4.78, 5) is 0. The molecule has 0 unspecified atom stereocenters. The van der Waals surface area contributed by atoms with Crippen molar-refractivity contribution < 1.29 is 17.6 Å². The van der Waals surface area contributed by atoms with Crippen LogP contribution in [0.2, 0.25) is 0 Å². The molecule has 0 aromatic carbocycles. The number of halogens is 5. The van der Waals surface area contributed by atoms with E-state index >= 15 is 0 Å². The first-order chi connectivity index (χ1) is 10.8. The summed E-state index contributed by atoms with van der Waals surface area (Å²) in [5.74, 6) is 0.219. The predicted molar refractivity (Wildman–Crippen MR) is 86.5 cm³/mol. The highest BCUT2D eigenvalue weighted by atomic mass is 35.5. The SMILES string of the molecule is Cl.FC1(F)CCC(n2cccn2)CC1.NNC1CCC(F)(F)CC1.